The molecule has 0 rings (SSSR count). The summed E-state index contributed by atoms with van der Waals surface area (Å²) < 4.78 is 5.50. The minimum absolute atomic E-state index is 0.0149. The number of unbranched alkanes of at least 4 members (excludes halogenated alkanes) is 59. The zero-order valence-corrected chi connectivity index (χ0v) is 56.0. The maximum atomic E-state index is 12.5. The smallest absolute Gasteiger partial charge is 0.305 e. The number of nitrogens with one attached hydrogen (secondary N) is 1. The quantitative estimate of drug-likeness (QED) is 0.0320. The normalized spacial score (nSPS) is 12.5. The Kier molecular flexibility index (Phi) is 70.8. The van der Waals surface area contributed by atoms with Gasteiger partial charge in [0.1, 0.15) is 0 Å². The number of aliphatic hydroxyl groups is 2. The molecule has 3 N–H and O–H groups in total. The number of esters is 1. The molecule has 2 atom stereocenters. The Hall–Kier alpha value is -1.40. The molecular formula is C76H149NO5. The number of aliphatic hydroxyl groups excluding tert-OH is 2. The second kappa shape index (κ2) is 72.1. The number of hydrogen-bond donors (Lipinski definition) is 3. The van der Waals surface area contributed by atoms with Crippen LogP contribution >= 0.6 is 0 Å². The van der Waals surface area contributed by atoms with Crippen molar-refractivity contribution in [2.24, 2.45) is 0 Å². The van der Waals surface area contributed by atoms with Crippen molar-refractivity contribution in [3.8, 4) is 0 Å². The Morgan fingerprint density at radius 3 is 0.866 bits per heavy atom. The van der Waals surface area contributed by atoms with Crippen molar-refractivity contribution in [2.75, 3.05) is 13.2 Å². The first-order valence-electron chi connectivity index (χ1n) is 37.9. The number of carbonyl (C=O) groups excluding carboxylic acids is 2. The molecule has 488 valence electrons. The maximum absolute atomic E-state index is 12.5. The average molecular weight is 1160 g/mol. The Labute approximate surface area is 514 Å². The van der Waals surface area contributed by atoms with Crippen LogP contribution in [0.4, 0.5) is 0 Å². The molecule has 82 heavy (non-hydrogen) atoms. The molecule has 0 aromatic heterocycles. The van der Waals surface area contributed by atoms with Crippen molar-refractivity contribution in [2.45, 2.75) is 450 Å². The Morgan fingerprint density at radius 2 is 0.573 bits per heavy atom. The number of allylic oxidation sites excluding steroid dienone is 2. The largest absolute Gasteiger partial charge is 0.466 e. The molecule has 2 unspecified atom stereocenters. The summed E-state index contributed by atoms with van der Waals surface area (Å²) in [4.78, 5) is 24.6. The summed E-state index contributed by atoms with van der Waals surface area (Å²) in [5.74, 6) is -0.0111. The monoisotopic (exact) mass is 1160 g/mol. The molecule has 0 radical (unpaired) electrons. The molecule has 6 nitrogen and oxygen atoms in total. The molecule has 6 heteroatoms. The van der Waals surface area contributed by atoms with Gasteiger partial charge in [0.05, 0.1) is 25.4 Å². The van der Waals surface area contributed by atoms with Crippen LogP contribution in [0.5, 0.6) is 0 Å². The van der Waals surface area contributed by atoms with Crippen molar-refractivity contribution in [3.63, 3.8) is 0 Å². The lowest BCUT2D eigenvalue weighted by Gasteiger charge is -2.22. The highest BCUT2D eigenvalue weighted by Gasteiger charge is 2.20. The highest BCUT2D eigenvalue weighted by Crippen LogP contribution is 2.20. The topological polar surface area (TPSA) is 95.9 Å². The van der Waals surface area contributed by atoms with E-state index >= 15 is 0 Å². The fourth-order valence-corrected chi connectivity index (χ4v) is 12.3. The maximum Gasteiger partial charge on any atom is 0.305 e. The van der Waals surface area contributed by atoms with E-state index in [2.05, 4.69) is 31.3 Å². The van der Waals surface area contributed by atoms with Gasteiger partial charge in [0, 0.05) is 12.8 Å². The van der Waals surface area contributed by atoms with E-state index in [4.69, 9.17) is 4.74 Å². The zero-order valence-electron chi connectivity index (χ0n) is 56.0. The van der Waals surface area contributed by atoms with Crippen molar-refractivity contribution in [3.05, 3.63) is 12.2 Å². The first-order valence-corrected chi connectivity index (χ1v) is 37.9. The molecule has 0 saturated heterocycles. The fraction of sp³-hybridized carbons (Fsp3) is 0.947. The van der Waals surface area contributed by atoms with Crippen molar-refractivity contribution in [1.29, 1.82) is 0 Å². The van der Waals surface area contributed by atoms with E-state index in [9.17, 15) is 19.8 Å². The van der Waals surface area contributed by atoms with Gasteiger partial charge in [-0.1, -0.05) is 386 Å². The second-order valence-electron chi connectivity index (χ2n) is 26.3. The number of carbonyl (C=O) groups is 2. The number of rotatable bonds is 72. The van der Waals surface area contributed by atoms with Crippen LogP contribution in [0.2, 0.25) is 0 Å². The third-order valence-electron chi connectivity index (χ3n) is 18.1. The predicted octanol–water partition coefficient (Wildman–Crippen LogP) is 24.7. The predicted molar refractivity (Wildman–Crippen MR) is 361 cm³/mol. The summed E-state index contributed by atoms with van der Waals surface area (Å²) in [6.07, 6.45) is 90.0. The summed E-state index contributed by atoms with van der Waals surface area (Å²) >= 11 is 0. The van der Waals surface area contributed by atoms with Crippen molar-refractivity contribution in [1.82, 2.24) is 5.32 Å². The van der Waals surface area contributed by atoms with E-state index in [-0.39, 0.29) is 18.5 Å². The zero-order chi connectivity index (χ0) is 59.2. The molecule has 0 bridgehead atoms. The van der Waals surface area contributed by atoms with E-state index in [0.717, 1.165) is 44.9 Å². The van der Waals surface area contributed by atoms with Gasteiger partial charge in [-0.15, -0.1) is 0 Å². The fourth-order valence-electron chi connectivity index (χ4n) is 12.3. The number of ether oxygens (including phenoxy) is 1. The minimum Gasteiger partial charge on any atom is -0.466 e. The third-order valence-corrected chi connectivity index (χ3v) is 18.1. The van der Waals surface area contributed by atoms with Gasteiger partial charge in [0.2, 0.25) is 5.91 Å². The summed E-state index contributed by atoms with van der Waals surface area (Å²) in [7, 11) is 0. The second-order valence-corrected chi connectivity index (χ2v) is 26.3. The van der Waals surface area contributed by atoms with E-state index in [0.29, 0.717) is 25.9 Å². The molecule has 0 saturated carbocycles. The van der Waals surface area contributed by atoms with Crippen LogP contribution in [-0.2, 0) is 14.3 Å². The highest BCUT2D eigenvalue weighted by atomic mass is 16.5. The van der Waals surface area contributed by atoms with Crippen LogP contribution < -0.4 is 5.32 Å². The molecule has 0 spiro atoms. The van der Waals surface area contributed by atoms with Crippen LogP contribution in [0.1, 0.15) is 438 Å². The molecule has 1 amide bonds. The van der Waals surface area contributed by atoms with Gasteiger partial charge >= 0.3 is 5.97 Å². The van der Waals surface area contributed by atoms with Gasteiger partial charge in [-0.25, -0.2) is 0 Å². The van der Waals surface area contributed by atoms with Gasteiger partial charge in [0.25, 0.3) is 0 Å². The Balaban J connectivity index is 3.31. The molecule has 0 aromatic carbocycles. The van der Waals surface area contributed by atoms with Gasteiger partial charge in [0.15, 0.2) is 0 Å². The standard InChI is InChI=1S/C76H149NO5/c1-3-5-7-9-11-13-15-17-19-37-40-44-48-52-56-60-64-68-74(79)73(72-78)77-75(80)69-65-61-57-53-49-45-41-38-35-33-31-29-27-25-23-21-22-24-26-28-30-32-34-36-39-43-47-51-55-59-63-67-71-82-76(81)70-66-62-58-54-50-46-42-20-18-16-14-12-10-8-6-4-2/h20,42,73-74,78-79H,3-19,21-41,43-72H2,1-2H3,(H,77,80)/b42-20-. The van der Waals surface area contributed by atoms with Crippen LogP contribution in [0.3, 0.4) is 0 Å². The van der Waals surface area contributed by atoms with E-state index in [1.165, 1.54) is 360 Å². The van der Waals surface area contributed by atoms with Crippen LogP contribution in [0, 0.1) is 0 Å². The lowest BCUT2D eigenvalue weighted by atomic mass is 10.0. The average Bonchev–Trinajstić information content (AvgIpc) is 3.48. The van der Waals surface area contributed by atoms with Crippen molar-refractivity contribution < 1.29 is 24.5 Å². The van der Waals surface area contributed by atoms with Crippen LogP contribution in [-0.4, -0.2) is 47.4 Å². The van der Waals surface area contributed by atoms with E-state index in [1.807, 2.05) is 0 Å². The molecular weight excluding hydrogens is 1010 g/mol. The Morgan fingerprint density at radius 1 is 0.329 bits per heavy atom. The summed E-state index contributed by atoms with van der Waals surface area (Å²) in [5, 5.41) is 23.4. The van der Waals surface area contributed by atoms with Gasteiger partial charge in [-0.05, 0) is 51.4 Å². The lowest BCUT2D eigenvalue weighted by Crippen LogP contribution is -2.45. The molecule has 0 aliphatic rings. The SMILES string of the molecule is CCCCCCCCC/C=C\CCCCCCCC(=O)OCCCCCCCCCCCCCCCCCCCCCCCCCCCCCCCCCCC(=O)NC(CO)C(O)CCCCCCCCCCCCCCCCCCC. The van der Waals surface area contributed by atoms with Gasteiger partial charge < -0.3 is 20.3 Å². The van der Waals surface area contributed by atoms with E-state index < -0.39 is 12.1 Å². The van der Waals surface area contributed by atoms with Gasteiger partial charge in [-0.3, -0.25) is 9.59 Å². The summed E-state index contributed by atoms with van der Waals surface area (Å²) in [6.45, 7) is 5.00. The molecule has 0 heterocycles. The molecule has 0 fully saturated rings. The molecule has 0 aromatic rings. The van der Waals surface area contributed by atoms with Gasteiger partial charge in [-0.2, -0.15) is 0 Å². The van der Waals surface area contributed by atoms with Crippen molar-refractivity contribution >= 4 is 11.9 Å². The highest BCUT2D eigenvalue weighted by molar-refractivity contribution is 5.76. The molecule has 0 aliphatic carbocycles. The third kappa shape index (κ3) is 67.7. The van der Waals surface area contributed by atoms with Crippen LogP contribution in [0.15, 0.2) is 12.2 Å². The first kappa shape index (κ1) is 80.6. The molecule has 0 aliphatic heterocycles. The summed E-state index contributed by atoms with van der Waals surface area (Å²) in [6, 6.07) is -0.537. The number of hydrogen-bond acceptors (Lipinski definition) is 5. The van der Waals surface area contributed by atoms with Crippen LogP contribution in [0.25, 0.3) is 0 Å². The number of amides is 1. The summed E-state index contributed by atoms with van der Waals surface area (Å²) in [5.41, 5.74) is 0. The van der Waals surface area contributed by atoms with E-state index in [1.54, 1.807) is 0 Å². The first-order chi connectivity index (χ1) is 40.5. The lowest BCUT2D eigenvalue weighted by molar-refractivity contribution is -0.143. The minimum atomic E-state index is -0.661. The Bertz CT molecular complexity index is 1240.